The van der Waals surface area contributed by atoms with Gasteiger partial charge in [0.25, 0.3) is 0 Å². The standard InChI is InChI=1S/C24H26O4/c1-22-9-7-16(25)11-15(22)4-5-18-17(22)8-10-23(2)19(12-20-24(18,23)28-20)14-3-6-21(26)27-13-14/h3,6-7,9,11,13,17-20H,4-5,8,10,12H2,1-2H3/t17-,18+,19+,20+,22-,23+,24+/m0/s1. The van der Waals surface area contributed by atoms with Gasteiger partial charge < -0.3 is 9.15 Å². The molecule has 0 unspecified atom stereocenters. The van der Waals surface area contributed by atoms with Crippen LogP contribution in [0.1, 0.15) is 57.4 Å². The number of allylic oxidation sites excluding steroid dienone is 4. The smallest absolute Gasteiger partial charge is 0.335 e. The van der Waals surface area contributed by atoms with Crippen molar-refractivity contribution in [3.8, 4) is 0 Å². The van der Waals surface area contributed by atoms with Gasteiger partial charge >= 0.3 is 5.63 Å². The van der Waals surface area contributed by atoms with E-state index >= 15 is 0 Å². The van der Waals surface area contributed by atoms with Crippen molar-refractivity contribution >= 4 is 5.78 Å². The number of ketones is 1. The van der Waals surface area contributed by atoms with Crippen LogP contribution in [-0.4, -0.2) is 17.5 Å². The molecule has 0 N–H and O–H groups in total. The molecule has 1 spiro atoms. The summed E-state index contributed by atoms with van der Waals surface area (Å²) in [6.07, 6.45) is 13.2. The minimum Gasteiger partial charge on any atom is -0.431 e. The average Bonchev–Trinajstić information content (AvgIpc) is 3.33. The first-order valence-electron chi connectivity index (χ1n) is 10.6. The highest BCUT2D eigenvalue weighted by Gasteiger charge is 2.80. The van der Waals surface area contributed by atoms with Crippen LogP contribution in [0.15, 0.2) is 51.4 Å². The predicted octanol–water partition coefficient (Wildman–Crippen LogP) is 4.16. The molecule has 7 atom stereocenters. The molecule has 1 aromatic heterocycles. The number of ether oxygens (including phenoxy) is 1. The van der Waals surface area contributed by atoms with E-state index in [0.29, 0.717) is 23.9 Å². The third-order valence-electron chi connectivity index (χ3n) is 9.10. The van der Waals surface area contributed by atoms with Gasteiger partial charge in [-0.25, -0.2) is 4.79 Å². The highest BCUT2D eigenvalue weighted by molar-refractivity contribution is 6.01. The van der Waals surface area contributed by atoms with Crippen molar-refractivity contribution in [1.82, 2.24) is 0 Å². The van der Waals surface area contributed by atoms with Gasteiger partial charge in [-0.2, -0.15) is 0 Å². The van der Waals surface area contributed by atoms with Crippen LogP contribution in [0.2, 0.25) is 0 Å². The Labute approximate surface area is 164 Å². The zero-order valence-electron chi connectivity index (χ0n) is 16.4. The first-order valence-corrected chi connectivity index (χ1v) is 10.6. The molecule has 0 bridgehead atoms. The Morgan fingerprint density at radius 1 is 1.11 bits per heavy atom. The van der Waals surface area contributed by atoms with E-state index in [4.69, 9.17) is 9.15 Å². The van der Waals surface area contributed by atoms with Crippen molar-refractivity contribution < 1.29 is 13.9 Å². The summed E-state index contributed by atoms with van der Waals surface area (Å²) in [5.41, 5.74) is 2.18. The lowest BCUT2D eigenvalue weighted by Crippen LogP contribution is -2.55. The first kappa shape index (κ1) is 17.0. The van der Waals surface area contributed by atoms with Gasteiger partial charge in [-0.1, -0.05) is 25.5 Å². The first-order chi connectivity index (χ1) is 13.4. The number of carbonyl (C=O) groups is 1. The molecule has 6 rings (SSSR count). The van der Waals surface area contributed by atoms with Crippen LogP contribution < -0.4 is 5.63 Å². The highest BCUT2D eigenvalue weighted by atomic mass is 16.6. The van der Waals surface area contributed by atoms with Gasteiger partial charge in [-0.05, 0) is 73.6 Å². The third kappa shape index (κ3) is 1.85. The summed E-state index contributed by atoms with van der Waals surface area (Å²) in [6, 6.07) is 3.50. The van der Waals surface area contributed by atoms with Crippen LogP contribution in [-0.2, 0) is 9.53 Å². The number of hydrogen-bond acceptors (Lipinski definition) is 4. The normalized spacial score (nSPS) is 48.2. The fourth-order valence-corrected chi connectivity index (χ4v) is 7.70. The summed E-state index contributed by atoms with van der Waals surface area (Å²) in [5.74, 6) is 1.57. The van der Waals surface area contributed by atoms with Crippen molar-refractivity contribution in [2.45, 2.75) is 63.6 Å². The van der Waals surface area contributed by atoms with Gasteiger partial charge in [-0.15, -0.1) is 0 Å². The predicted molar refractivity (Wildman–Crippen MR) is 104 cm³/mol. The largest absolute Gasteiger partial charge is 0.431 e. The second-order valence-corrected chi connectivity index (χ2v) is 9.97. The van der Waals surface area contributed by atoms with E-state index in [2.05, 4.69) is 19.9 Å². The molecule has 4 aliphatic carbocycles. The molecule has 1 aliphatic heterocycles. The van der Waals surface area contributed by atoms with Gasteiger partial charge in [0.1, 0.15) is 5.60 Å². The number of epoxide rings is 1. The second kappa shape index (κ2) is 5.15. The minimum atomic E-state index is -0.287. The molecule has 0 radical (unpaired) electrons. The lowest BCUT2D eigenvalue weighted by Gasteiger charge is -2.57. The molecule has 3 saturated carbocycles. The summed E-state index contributed by atoms with van der Waals surface area (Å²) in [7, 11) is 0. The van der Waals surface area contributed by atoms with Gasteiger partial charge in [-0.3, -0.25) is 4.79 Å². The Morgan fingerprint density at radius 3 is 2.75 bits per heavy atom. The van der Waals surface area contributed by atoms with E-state index in [0.717, 1.165) is 37.7 Å². The molecule has 0 aromatic carbocycles. The molecular formula is C24H26O4. The van der Waals surface area contributed by atoms with Crippen LogP contribution in [0, 0.1) is 22.7 Å². The van der Waals surface area contributed by atoms with Crippen LogP contribution in [0.25, 0.3) is 0 Å². The van der Waals surface area contributed by atoms with Gasteiger partial charge in [0.2, 0.25) is 0 Å². The summed E-state index contributed by atoms with van der Waals surface area (Å²) in [6.45, 7) is 4.73. The van der Waals surface area contributed by atoms with Crippen molar-refractivity contribution in [1.29, 1.82) is 0 Å². The third-order valence-corrected chi connectivity index (χ3v) is 9.10. The van der Waals surface area contributed by atoms with E-state index in [1.165, 1.54) is 5.57 Å². The molecule has 0 amide bonds. The molecule has 1 aromatic rings. The summed E-state index contributed by atoms with van der Waals surface area (Å²) in [4.78, 5) is 23.4. The Kier molecular flexibility index (Phi) is 3.12. The maximum atomic E-state index is 11.9. The maximum Gasteiger partial charge on any atom is 0.335 e. The quantitative estimate of drug-likeness (QED) is 0.689. The van der Waals surface area contributed by atoms with E-state index < -0.39 is 0 Å². The monoisotopic (exact) mass is 378 g/mol. The van der Waals surface area contributed by atoms with Gasteiger partial charge in [0.05, 0.1) is 12.4 Å². The Balaban J connectivity index is 1.40. The zero-order valence-corrected chi connectivity index (χ0v) is 16.4. The average molecular weight is 378 g/mol. The van der Waals surface area contributed by atoms with Crippen molar-refractivity contribution in [3.63, 3.8) is 0 Å². The second-order valence-electron chi connectivity index (χ2n) is 9.97. The fourth-order valence-electron chi connectivity index (χ4n) is 7.70. The van der Waals surface area contributed by atoms with E-state index in [-0.39, 0.29) is 27.8 Å². The van der Waals surface area contributed by atoms with E-state index in [9.17, 15) is 9.59 Å². The Hall–Kier alpha value is -1.94. The van der Waals surface area contributed by atoms with Crippen molar-refractivity contribution in [2.75, 3.05) is 0 Å². The number of carbonyl (C=O) groups excluding carboxylic acids is 1. The summed E-state index contributed by atoms with van der Waals surface area (Å²) < 4.78 is 11.7. The maximum absolute atomic E-state index is 11.9. The van der Waals surface area contributed by atoms with Crippen LogP contribution >= 0.6 is 0 Å². The van der Waals surface area contributed by atoms with Crippen molar-refractivity contribution in [2.24, 2.45) is 22.7 Å². The number of fused-ring (bicyclic) bond motifs is 3. The molecule has 1 saturated heterocycles. The SMILES string of the molecule is C[C@]12C=CC(=O)C=C1CC[C@@H]1[C@@H]2CC[C@]2(C)[C@@H](c3ccc(=O)oc3)C[C@H]3O[C@]132. The Bertz CT molecular complexity index is 982. The van der Waals surface area contributed by atoms with Gasteiger partial charge in [0.15, 0.2) is 5.78 Å². The zero-order chi connectivity index (χ0) is 19.3. The topological polar surface area (TPSA) is 59.8 Å². The highest BCUT2D eigenvalue weighted by Crippen LogP contribution is 2.77. The van der Waals surface area contributed by atoms with Gasteiger partial charge in [0, 0.05) is 16.9 Å². The Morgan fingerprint density at radius 2 is 1.96 bits per heavy atom. The molecule has 4 fully saturated rings. The van der Waals surface area contributed by atoms with Crippen molar-refractivity contribution in [3.05, 3.63) is 58.2 Å². The summed E-state index contributed by atoms with van der Waals surface area (Å²) >= 11 is 0. The van der Waals surface area contributed by atoms with E-state index in [1.54, 1.807) is 18.4 Å². The number of hydrogen-bond donors (Lipinski definition) is 0. The fraction of sp³-hybridized carbons (Fsp3) is 0.583. The lowest BCUT2D eigenvalue weighted by molar-refractivity contribution is -0.111. The molecular weight excluding hydrogens is 352 g/mol. The van der Waals surface area contributed by atoms with Crippen LogP contribution in [0.5, 0.6) is 0 Å². The molecule has 28 heavy (non-hydrogen) atoms. The molecule has 4 nitrogen and oxygen atoms in total. The molecule has 146 valence electrons. The van der Waals surface area contributed by atoms with Crippen LogP contribution in [0.4, 0.5) is 0 Å². The molecule has 2 heterocycles. The molecule has 4 heteroatoms. The lowest BCUT2D eigenvalue weighted by atomic mass is 9.47. The van der Waals surface area contributed by atoms with Crippen LogP contribution in [0.3, 0.4) is 0 Å². The summed E-state index contributed by atoms with van der Waals surface area (Å²) in [5, 5.41) is 0. The number of rotatable bonds is 1. The van der Waals surface area contributed by atoms with E-state index in [1.807, 2.05) is 12.1 Å². The minimum absolute atomic E-state index is 0.0129. The molecule has 5 aliphatic rings.